The minimum atomic E-state index is -3.45. The maximum atomic E-state index is 14.6. The Kier molecular flexibility index (Phi) is 7.15. The maximum absolute atomic E-state index is 14.6. The number of amides is 1. The van der Waals surface area contributed by atoms with Crippen LogP contribution in [0.4, 0.5) is 25.0 Å². The van der Waals surface area contributed by atoms with E-state index < -0.39 is 33.9 Å². The lowest BCUT2D eigenvalue weighted by atomic mass is 10.2. The van der Waals surface area contributed by atoms with Crippen molar-refractivity contribution in [1.82, 2.24) is 10.2 Å². The Morgan fingerprint density at radius 2 is 1.96 bits per heavy atom. The van der Waals surface area contributed by atoms with E-state index >= 15 is 0 Å². The van der Waals surface area contributed by atoms with Crippen LogP contribution in [-0.2, 0) is 19.6 Å². The van der Waals surface area contributed by atoms with Crippen LogP contribution < -0.4 is 20.0 Å². The normalized spacial score (nSPS) is 20.5. The standard InChI is InChI=1S/C15H20F2N4O5S.CH4/c1-27(23,24)19-8-11-9-21(15(22)26-11)10-6-12(16)14(13(17)7-10)20-3-2-18-25-5-4-20;/h6-7,11,18-19H,2-5,8-9H2,1H3;1H4/t11-;/m0./s1. The van der Waals surface area contributed by atoms with E-state index in [1.165, 1.54) is 4.90 Å². The molecule has 12 heteroatoms. The molecule has 1 atom stereocenters. The van der Waals surface area contributed by atoms with Gasteiger partial charge in [0.15, 0.2) is 11.6 Å². The molecule has 28 heavy (non-hydrogen) atoms. The predicted octanol–water partition coefficient (Wildman–Crippen LogP) is 0.817. The predicted molar refractivity (Wildman–Crippen MR) is 99.7 cm³/mol. The summed E-state index contributed by atoms with van der Waals surface area (Å²) in [6.45, 7) is 1.21. The van der Waals surface area contributed by atoms with Gasteiger partial charge in [-0.15, -0.1) is 0 Å². The van der Waals surface area contributed by atoms with Gasteiger partial charge in [-0.25, -0.2) is 32.2 Å². The van der Waals surface area contributed by atoms with Gasteiger partial charge in [-0.2, -0.15) is 0 Å². The summed E-state index contributed by atoms with van der Waals surface area (Å²) in [6, 6.07) is 2.12. The second-order valence-corrected chi connectivity index (χ2v) is 8.06. The first-order chi connectivity index (χ1) is 12.7. The topological polar surface area (TPSA) is 100 Å². The van der Waals surface area contributed by atoms with Crippen LogP contribution in [-0.4, -0.2) is 66.2 Å². The van der Waals surface area contributed by atoms with E-state index in [2.05, 4.69) is 10.2 Å². The monoisotopic (exact) mass is 422 g/mol. The van der Waals surface area contributed by atoms with Crippen molar-refractivity contribution in [3.05, 3.63) is 23.8 Å². The van der Waals surface area contributed by atoms with E-state index in [9.17, 15) is 22.0 Å². The molecule has 0 spiro atoms. The number of nitrogens with zero attached hydrogens (tertiary/aromatic N) is 2. The molecule has 9 nitrogen and oxygen atoms in total. The second-order valence-electron chi connectivity index (χ2n) is 6.22. The minimum Gasteiger partial charge on any atom is -0.443 e. The van der Waals surface area contributed by atoms with Crippen LogP contribution in [0.1, 0.15) is 7.43 Å². The molecule has 0 aromatic heterocycles. The number of carbonyl (C=O) groups excluding carboxylic acids is 1. The van der Waals surface area contributed by atoms with E-state index in [0.717, 1.165) is 23.3 Å². The van der Waals surface area contributed by atoms with Gasteiger partial charge in [0, 0.05) is 38.3 Å². The van der Waals surface area contributed by atoms with Crippen LogP contribution in [0.5, 0.6) is 0 Å². The molecule has 2 N–H and O–H groups in total. The lowest BCUT2D eigenvalue weighted by Gasteiger charge is -2.24. The summed E-state index contributed by atoms with van der Waals surface area (Å²) in [5.41, 5.74) is 2.49. The van der Waals surface area contributed by atoms with Crippen molar-refractivity contribution in [2.24, 2.45) is 0 Å². The number of halogens is 2. The Labute approximate surface area is 162 Å². The van der Waals surface area contributed by atoms with Crippen LogP contribution in [0.25, 0.3) is 0 Å². The highest BCUT2D eigenvalue weighted by Crippen LogP contribution is 2.31. The second kappa shape index (κ2) is 8.99. The number of anilines is 2. The fraction of sp³-hybridized carbons (Fsp3) is 0.562. The van der Waals surface area contributed by atoms with Gasteiger partial charge in [-0.05, 0) is 0 Å². The molecule has 2 heterocycles. The number of sulfonamides is 1. The summed E-state index contributed by atoms with van der Waals surface area (Å²) in [5, 5.41) is 0. The lowest BCUT2D eigenvalue weighted by Crippen LogP contribution is -2.34. The molecule has 2 saturated heterocycles. The molecule has 0 bridgehead atoms. The van der Waals surface area contributed by atoms with E-state index in [1.807, 2.05) is 0 Å². The number of hydroxylamine groups is 1. The molecule has 1 amide bonds. The first-order valence-corrected chi connectivity index (χ1v) is 10.1. The third-order valence-electron chi connectivity index (χ3n) is 4.13. The summed E-state index contributed by atoms with van der Waals surface area (Å²) >= 11 is 0. The van der Waals surface area contributed by atoms with Gasteiger partial charge in [0.1, 0.15) is 11.8 Å². The number of hydrogen-bond donors (Lipinski definition) is 2. The van der Waals surface area contributed by atoms with E-state index in [-0.39, 0.29) is 38.5 Å². The molecular formula is C16H24F2N4O5S. The molecule has 158 valence electrons. The van der Waals surface area contributed by atoms with Gasteiger partial charge >= 0.3 is 6.09 Å². The number of benzene rings is 1. The smallest absolute Gasteiger partial charge is 0.414 e. The zero-order valence-corrected chi connectivity index (χ0v) is 15.4. The molecule has 1 aromatic rings. The molecule has 2 aliphatic rings. The van der Waals surface area contributed by atoms with Crippen LogP contribution in [0.2, 0.25) is 0 Å². The highest BCUT2D eigenvalue weighted by Gasteiger charge is 2.34. The molecule has 0 radical (unpaired) electrons. The fourth-order valence-corrected chi connectivity index (χ4v) is 3.40. The minimum absolute atomic E-state index is 0. The van der Waals surface area contributed by atoms with Crippen LogP contribution in [0.15, 0.2) is 12.1 Å². The van der Waals surface area contributed by atoms with Crippen molar-refractivity contribution in [3.8, 4) is 0 Å². The number of ether oxygens (including phenoxy) is 1. The molecule has 2 aliphatic heterocycles. The quantitative estimate of drug-likeness (QED) is 0.725. The molecule has 3 rings (SSSR count). The number of carbonyl (C=O) groups is 1. The zero-order valence-electron chi connectivity index (χ0n) is 14.6. The molecular weight excluding hydrogens is 398 g/mol. The number of rotatable bonds is 5. The first kappa shape index (κ1) is 22.3. The average Bonchev–Trinajstić information content (AvgIpc) is 2.77. The van der Waals surface area contributed by atoms with Gasteiger partial charge in [0.2, 0.25) is 10.0 Å². The highest BCUT2D eigenvalue weighted by molar-refractivity contribution is 7.88. The van der Waals surface area contributed by atoms with Crippen LogP contribution in [0, 0.1) is 11.6 Å². The Morgan fingerprint density at radius 3 is 2.61 bits per heavy atom. The number of nitrogens with one attached hydrogen (secondary N) is 2. The van der Waals surface area contributed by atoms with E-state index in [4.69, 9.17) is 9.57 Å². The molecule has 0 unspecified atom stereocenters. The van der Waals surface area contributed by atoms with Gasteiger partial charge in [0.25, 0.3) is 0 Å². The van der Waals surface area contributed by atoms with Crippen molar-refractivity contribution in [2.75, 3.05) is 55.4 Å². The summed E-state index contributed by atoms with van der Waals surface area (Å²) in [4.78, 5) is 19.7. The van der Waals surface area contributed by atoms with E-state index in [1.54, 1.807) is 0 Å². The number of hydrogen-bond acceptors (Lipinski definition) is 7. The van der Waals surface area contributed by atoms with Crippen molar-refractivity contribution in [2.45, 2.75) is 13.5 Å². The maximum Gasteiger partial charge on any atom is 0.414 e. The van der Waals surface area contributed by atoms with Gasteiger partial charge in [-0.3, -0.25) is 9.74 Å². The first-order valence-electron chi connectivity index (χ1n) is 8.26. The zero-order chi connectivity index (χ0) is 19.6. The van der Waals surface area contributed by atoms with Gasteiger partial charge in [-0.1, -0.05) is 7.43 Å². The summed E-state index contributed by atoms with van der Waals surface area (Å²) in [6.07, 6.45) is -0.574. The summed E-state index contributed by atoms with van der Waals surface area (Å²) in [7, 11) is -3.45. The van der Waals surface area contributed by atoms with Crippen molar-refractivity contribution in [3.63, 3.8) is 0 Å². The SMILES string of the molecule is C.CS(=O)(=O)NC[C@H]1CN(c2cc(F)c(N3CCNOCC3)c(F)c2)C(=O)O1. The largest absolute Gasteiger partial charge is 0.443 e. The lowest BCUT2D eigenvalue weighted by molar-refractivity contribution is 0.0589. The Morgan fingerprint density at radius 1 is 1.29 bits per heavy atom. The van der Waals surface area contributed by atoms with Crippen molar-refractivity contribution in [1.29, 1.82) is 0 Å². The summed E-state index contributed by atoms with van der Waals surface area (Å²) in [5.74, 6) is -1.62. The molecule has 0 saturated carbocycles. The Balaban J connectivity index is 0.00000280. The number of cyclic esters (lactones) is 1. The third kappa shape index (κ3) is 5.28. The Bertz CT molecular complexity index is 792. The molecule has 2 fully saturated rings. The highest BCUT2D eigenvalue weighted by atomic mass is 32.2. The van der Waals surface area contributed by atoms with E-state index in [0.29, 0.717) is 19.6 Å². The van der Waals surface area contributed by atoms with Crippen molar-refractivity contribution >= 4 is 27.5 Å². The Hall–Kier alpha value is -2.02. The third-order valence-corrected chi connectivity index (χ3v) is 4.82. The van der Waals surface area contributed by atoms with Crippen LogP contribution >= 0.6 is 0 Å². The molecule has 1 aromatic carbocycles. The average molecular weight is 422 g/mol. The summed E-state index contributed by atoms with van der Waals surface area (Å²) < 4.78 is 58.8. The molecule has 0 aliphatic carbocycles. The van der Waals surface area contributed by atoms with Gasteiger partial charge in [0.05, 0.1) is 25.1 Å². The van der Waals surface area contributed by atoms with Crippen molar-refractivity contribution < 1.29 is 31.6 Å². The van der Waals surface area contributed by atoms with Gasteiger partial charge < -0.3 is 9.64 Å². The van der Waals surface area contributed by atoms with Crippen LogP contribution in [0.3, 0.4) is 0 Å². The fourth-order valence-electron chi connectivity index (χ4n) is 2.91.